The minimum absolute atomic E-state index is 0.00976. The summed E-state index contributed by atoms with van der Waals surface area (Å²) in [4.78, 5) is 44.5. The quantitative estimate of drug-likeness (QED) is 0.0627. The highest BCUT2D eigenvalue weighted by atomic mass is 35.5. The van der Waals surface area contributed by atoms with Crippen LogP contribution in [0.2, 0.25) is 15.1 Å². The van der Waals surface area contributed by atoms with Gasteiger partial charge in [-0.2, -0.15) is 0 Å². The lowest BCUT2D eigenvalue weighted by Crippen LogP contribution is -2.54. The van der Waals surface area contributed by atoms with Gasteiger partial charge in [-0.1, -0.05) is 102 Å². The Morgan fingerprint density at radius 3 is 1.65 bits per heavy atom. The number of aryl methyl sites for hydroxylation is 2. The Hall–Kier alpha value is -7.29. The molecule has 0 saturated carbocycles. The van der Waals surface area contributed by atoms with Gasteiger partial charge in [-0.05, 0) is 146 Å². The van der Waals surface area contributed by atoms with E-state index in [1.165, 1.54) is 0 Å². The van der Waals surface area contributed by atoms with E-state index in [0.29, 0.717) is 53.8 Å². The summed E-state index contributed by atoms with van der Waals surface area (Å²) in [6, 6.07) is 49.1. The molecule has 0 radical (unpaired) electrons. The number of phenols is 2. The van der Waals surface area contributed by atoms with Crippen molar-refractivity contribution in [2.75, 3.05) is 0 Å². The van der Waals surface area contributed by atoms with Crippen LogP contribution in [-0.4, -0.2) is 43.7 Å². The number of rotatable bonds is 19. The second kappa shape index (κ2) is 23.8. The third-order valence-corrected chi connectivity index (χ3v) is 16.7. The molecule has 4 atom stereocenters. The maximum absolute atomic E-state index is 15.7. The number of hydrogen-bond donors (Lipinski definition) is 4. The number of nitrogens with one attached hydrogen (secondary N) is 2. The van der Waals surface area contributed by atoms with Gasteiger partial charge in [0.25, 0.3) is 5.91 Å². The molecule has 0 saturated heterocycles. The van der Waals surface area contributed by atoms with Crippen molar-refractivity contribution in [2.45, 2.75) is 70.4 Å². The zero-order valence-corrected chi connectivity index (χ0v) is 46.6. The van der Waals surface area contributed by atoms with Crippen molar-refractivity contribution in [1.82, 2.24) is 20.6 Å². The topological polar surface area (TPSA) is 143 Å². The van der Waals surface area contributed by atoms with Crippen LogP contribution in [0.25, 0.3) is 42.7 Å². The van der Waals surface area contributed by atoms with Crippen molar-refractivity contribution in [3.8, 4) is 38.1 Å². The van der Waals surface area contributed by atoms with Crippen LogP contribution in [-0.2, 0) is 33.8 Å². The normalized spacial score (nSPS) is 13.4. The zero-order valence-electron chi connectivity index (χ0n) is 42.7. The lowest BCUT2D eigenvalue weighted by Gasteiger charge is -2.35. The molecule has 2 amide bonds. The van der Waals surface area contributed by atoms with E-state index in [1.807, 2.05) is 85.8 Å². The molecule has 0 aliphatic carbocycles. The van der Waals surface area contributed by atoms with E-state index < -0.39 is 35.6 Å². The van der Waals surface area contributed by atoms with Crippen LogP contribution >= 0.6 is 57.5 Å². The van der Waals surface area contributed by atoms with Crippen LogP contribution in [0.5, 0.6) is 17.2 Å². The molecule has 15 heteroatoms. The summed E-state index contributed by atoms with van der Waals surface area (Å²) < 4.78 is 13.5. The number of halogens is 3. The molecule has 0 fully saturated rings. The predicted octanol–water partition coefficient (Wildman–Crippen LogP) is 15.5. The highest BCUT2D eigenvalue weighted by Crippen LogP contribution is 2.40. The van der Waals surface area contributed by atoms with Crippen LogP contribution in [0.1, 0.15) is 63.0 Å². The fraction of sp³-hybridized carbons (Fsp3) is 0.175. The number of benzene rings is 6. The molecule has 10 aromatic rings. The molecular formula is C63H53Cl3N4O6S2. The first-order chi connectivity index (χ1) is 37.7. The Balaban J connectivity index is 1.05. The number of amides is 2. The van der Waals surface area contributed by atoms with Gasteiger partial charge in [0, 0.05) is 78.1 Å². The van der Waals surface area contributed by atoms with Crippen molar-refractivity contribution < 1.29 is 29.3 Å². The number of ether oxygens (including phenoxy) is 2. The lowest BCUT2D eigenvalue weighted by atomic mass is 9.91. The van der Waals surface area contributed by atoms with Gasteiger partial charge in [-0.25, -0.2) is 0 Å². The van der Waals surface area contributed by atoms with Crippen molar-refractivity contribution in [2.24, 2.45) is 0 Å². The summed E-state index contributed by atoms with van der Waals surface area (Å²) in [5.41, 5.74) is 3.92. The van der Waals surface area contributed by atoms with Gasteiger partial charge in [0.15, 0.2) is 5.60 Å². The summed E-state index contributed by atoms with van der Waals surface area (Å²) in [5.74, 6) is -0.935. The second-order valence-corrected chi connectivity index (χ2v) is 23.2. The van der Waals surface area contributed by atoms with E-state index in [1.54, 1.807) is 103 Å². The molecule has 394 valence electrons. The number of aromatic nitrogens is 2. The summed E-state index contributed by atoms with van der Waals surface area (Å²) in [7, 11) is 0. The lowest BCUT2D eigenvalue weighted by molar-refractivity contribution is -0.146. The molecule has 4 heterocycles. The number of carbonyl (C=O) groups is 2. The van der Waals surface area contributed by atoms with E-state index >= 15 is 9.59 Å². The van der Waals surface area contributed by atoms with Gasteiger partial charge < -0.3 is 30.3 Å². The molecule has 78 heavy (non-hydrogen) atoms. The Bertz CT molecular complexity index is 3800. The van der Waals surface area contributed by atoms with Crippen LogP contribution in [0.3, 0.4) is 0 Å². The summed E-state index contributed by atoms with van der Waals surface area (Å²) in [6.45, 7) is 5.74. The molecule has 10 rings (SSSR count). The van der Waals surface area contributed by atoms with Crippen LogP contribution in [0, 0.1) is 13.8 Å². The fourth-order valence-corrected chi connectivity index (χ4v) is 12.0. The minimum Gasteiger partial charge on any atom is -0.505 e. The molecule has 4 N–H and O–H groups in total. The third-order valence-electron chi connectivity index (χ3n) is 13.7. The number of carbonyl (C=O) groups excluding carboxylic acids is 2. The number of aromatic hydroxyl groups is 2. The van der Waals surface area contributed by atoms with E-state index in [9.17, 15) is 10.2 Å². The van der Waals surface area contributed by atoms with Crippen molar-refractivity contribution in [3.63, 3.8) is 0 Å². The molecule has 4 unspecified atom stereocenters. The van der Waals surface area contributed by atoms with Crippen LogP contribution < -0.4 is 15.4 Å². The smallest absolute Gasteiger partial charge is 0.264 e. The Morgan fingerprint density at radius 1 is 0.615 bits per heavy atom. The Morgan fingerprint density at radius 2 is 1.14 bits per heavy atom. The number of phenolic OH excluding ortho intramolecular Hbond substituents is 2. The van der Waals surface area contributed by atoms with Crippen molar-refractivity contribution >= 4 is 91.1 Å². The second-order valence-electron chi connectivity index (χ2n) is 19.4. The van der Waals surface area contributed by atoms with Gasteiger partial charge in [0.2, 0.25) is 5.91 Å². The molecular weight excluding hydrogens is 1080 g/mol. The van der Waals surface area contributed by atoms with Crippen LogP contribution in [0.15, 0.2) is 176 Å². The number of nitrogens with zero attached hydrogens (tertiary/aromatic N) is 2. The summed E-state index contributed by atoms with van der Waals surface area (Å²) in [6.07, 6.45) is 1.76. The average molecular weight is 1130 g/mol. The van der Waals surface area contributed by atoms with E-state index in [2.05, 4.69) is 51.8 Å². The van der Waals surface area contributed by atoms with E-state index in [4.69, 9.17) is 44.3 Å². The third kappa shape index (κ3) is 12.3. The molecule has 0 spiro atoms. The maximum Gasteiger partial charge on any atom is 0.264 e. The maximum atomic E-state index is 15.7. The summed E-state index contributed by atoms with van der Waals surface area (Å²) >= 11 is 23.4. The first-order valence-electron chi connectivity index (χ1n) is 25.2. The number of thiophene rings is 2. The monoisotopic (exact) mass is 1130 g/mol. The van der Waals surface area contributed by atoms with Gasteiger partial charge in [0.05, 0.1) is 28.7 Å². The van der Waals surface area contributed by atoms with E-state index in [0.717, 1.165) is 47.3 Å². The highest BCUT2D eigenvalue weighted by Gasteiger charge is 2.43. The standard InChI is InChI=1S/C63H53Cl3N4O6S2/c1-37-19-25-55(77-37)42-15-7-13-40(29-42)52(33-44-31-50(65)48-17-9-27-67-57(48)59(44)71)69-61(73)54(75-36-39-11-5-4-6-12-39)35-63(3,76-47-23-21-46(64)22-24-47)62(74)70-53(41-14-8-16-43(30-41)56-26-20-38(2)78-56)34-45-32-51(66)49-18-10-28-68-58(49)60(45)72/h4-32,52-54,71-72H,33-36H2,1-3H3,(H,69,73)(H,70,74). The number of pyridine rings is 2. The van der Waals surface area contributed by atoms with Gasteiger partial charge in [-0.15, -0.1) is 22.7 Å². The van der Waals surface area contributed by atoms with Gasteiger partial charge in [-0.3, -0.25) is 19.6 Å². The van der Waals surface area contributed by atoms with E-state index in [-0.39, 0.29) is 37.4 Å². The first-order valence-corrected chi connectivity index (χ1v) is 28.0. The highest BCUT2D eigenvalue weighted by molar-refractivity contribution is 7.15. The van der Waals surface area contributed by atoms with Gasteiger partial charge >= 0.3 is 0 Å². The van der Waals surface area contributed by atoms with Crippen molar-refractivity contribution in [3.05, 3.63) is 229 Å². The molecule has 0 bridgehead atoms. The first kappa shape index (κ1) is 54.1. The Labute approximate surface area is 475 Å². The fourth-order valence-electron chi connectivity index (χ4n) is 9.60. The zero-order chi connectivity index (χ0) is 54.5. The van der Waals surface area contributed by atoms with Crippen LogP contribution in [0.4, 0.5) is 0 Å². The minimum atomic E-state index is -1.83. The number of hydrogen-bond acceptors (Lipinski definition) is 10. The molecule has 0 aliphatic heterocycles. The SMILES string of the molecule is Cc1ccc(-c2cccc(C(Cc3cc(Cl)c4cccnc4c3O)NC(=O)C(CC(C)(Oc3ccc(Cl)cc3)C(=O)NC(Cc3cc(Cl)c4cccnc4c3O)c3cccc(-c4ccc(C)s4)c3)OCc3ccccc3)c2)s1. The largest absolute Gasteiger partial charge is 0.505 e. The van der Waals surface area contributed by atoms with Gasteiger partial charge in [0.1, 0.15) is 34.4 Å². The average Bonchev–Trinajstić information content (AvgIpc) is 4.12. The Kier molecular flexibility index (Phi) is 16.5. The summed E-state index contributed by atoms with van der Waals surface area (Å²) in [5, 5.41) is 32.6. The molecule has 0 aliphatic rings. The van der Waals surface area contributed by atoms with Crippen molar-refractivity contribution in [1.29, 1.82) is 0 Å². The predicted molar refractivity (Wildman–Crippen MR) is 315 cm³/mol. The molecule has 6 aromatic carbocycles. The molecule has 4 aromatic heterocycles. The number of fused-ring (bicyclic) bond motifs is 2. The molecule has 10 nitrogen and oxygen atoms in total.